The van der Waals surface area contributed by atoms with E-state index in [1.165, 1.54) is 11.7 Å². The number of nitrogens with zero attached hydrogens (tertiary/aromatic N) is 4. The second kappa shape index (κ2) is 11.6. The molecule has 0 amide bonds. The van der Waals surface area contributed by atoms with Crippen LogP contribution in [0, 0.1) is 12.8 Å². The van der Waals surface area contributed by atoms with E-state index in [0.29, 0.717) is 11.4 Å². The second-order valence-corrected chi connectivity index (χ2v) is 9.03. The summed E-state index contributed by atoms with van der Waals surface area (Å²) < 4.78 is 13.6. The predicted molar refractivity (Wildman–Crippen MR) is 142 cm³/mol. The number of hydrogen-bond donors (Lipinski definition) is 1. The average molecular weight is 508 g/mol. The van der Waals surface area contributed by atoms with Crippen LogP contribution in [0.2, 0.25) is 0 Å². The van der Waals surface area contributed by atoms with Crippen LogP contribution < -0.4 is 27.6 Å². The Kier molecular flexibility index (Phi) is 8.54. The van der Waals surface area contributed by atoms with Gasteiger partial charge in [-0.05, 0) is 55.7 Å². The summed E-state index contributed by atoms with van der Waals surface area (Å²) in [5, 5.41) is 0. The van der Waals surface area contributed by atoms with Crippen LogP contribution in [0.3, 0.4) is 0 Å². The number of esters is 1. The van der Waals surface area contributed by atoms with Crippen molar-refractivity contribution in [3.63, 3.8) is 0 Å². The summed E-state index contributed by atoms with van der Waals surface area (Å²) in [6.45, 7) is 11.0. The van der Waals surface area contributed by atoms with Crippen molar-refractivity contribution in [1.29, 1.82) is 0 Å². The van der Waals surface area contributed by atoms with Crippen LogP contribution in [-0.4, -0.2) is 33.0 Å². The fraction of sp³-hybridized carbons (Fsp3) is 0.333. The van der Waals surface area contributed by atoms with Crippen LogP contribution in [-0.2, 0) is 22.6 Å². The van der Waals surface area contributed by atoms with Gasteiger partial charge < -0.3 is 15.3 Å². The Morgan fingerprint density at radius 2 is 1.76 bits per heavy atom. The summed E-state index contributed by atoms with van der Waals surface area (Å²) in [5.41, 5.74) is 1.55. The van der Waals surface area contributed by atoms with Crippen LogP contribution in [0.15, 0.2) is 63.6 Å². The zero-order valence-corrected chi connectivity index (χ0v) is 21.8. The summed E-state index contributed by atoms with van der Waals surface area (Å²) in [5.74, 6) is 5.62. The Balaban J connectivity index is 2.22. The molecular formula is C27H33N5O5. The smallest absolute Gasteiger partial charge is 0.353 e. The van der Waals surface area contributed by atoms with Crippen molar-refractivity contribution in [2.24, 2.45) is 10.9 Å². The van der Waals surface area contributed by atoms with Crippen molar-refractivity contribution in [2.45, 2.75) is 46.9 Å². The highest BCUT2D eigenvalue weighted by Gasteiger charge is 2.20. The number of ether oxygens (including phenoxy) is 2. The minimum Gasteiger partial charge on any atom is -0.491 e. The number of methoxy groups -OCH3 is 1. The third kappa shape index (κ3) is 6.27. The lowest BCUT2D eigenvalue weighted by Crippen LogP contribution is -2.58. The molecule has 0 saturated carbocycles. The summed E-state index contributed by atoms with van der Waals surface area (Å²) in [7, 11) is 1.25. The van der Waals surface area contributed by atoms with Crippen LogP contribution in [0.5, 0.6) is 5.75 Å². The fourth-order valence-corrected chi connectivity index (χ4v) is 3.76. The van der Waals surface area contributed by atoms with Crippen molar-refractivity contribution >= 4 is 17.7 Å². The van der Waals surface area contributed by atoms with E-state index in [9.17, 15) is 14.4 Å². The minimum absolute atomic E-state index is 0.00492. The zero-order chi connectivity index (χ0) is 27.3. The first kappa shape index (κ1) is 27.3. The third-order valence-corrected chi connectivity index (χ3v) is 5.72. The summed E-state index contributed by atoms with van der Waals surface area (Å²) in [4.78, 5) is 43.2. The quantitative estimate of drug-likeness (QED) is 0.350. The van der Waals surface area contributed by atoms with Gasteiger partial charge in [-0.1, -0.05) is 43.8 Å². The molecule has 1 heterocycles. The van der Waals surface area contributed by atoms with Gasteiger partial charge in [-0.15, -0.1) is 0 Å². The van der Waals surface area contributed by atoms with Crippen LogP contribution in [0.1, 0.15) is 37.5 Å². The lowest BCUT2D eigenvalue weighted by molar-refractivity contribution is -0.145. The largest absolute Gasteiger partial charge is 0.491 e. The molecule has 0 saturated heterocycles. The number of nitrogens with two attached hydrogens (primary N) is 1. The minimum atomic E-state index is -0.797. The maximum absolute atomic E-state index is 13.6. The standard InChI is InChI=1S/C27H33N5O5/c1-7-20-8-10-21(11-9-20)16-30-25(29-22-12-13-23(18(4)14-22)37-17(2)3)32(28)27(35)31(26(30)34)15-19(5)24(33)36-6/h7-14,17,19H,1,15-16,28H2,2-6H3/b29-25-/t19-/m0/s1. The molecule has 10 heteroatoms. The first-order chi connectivity index (χ1) is 17.5. The van der Waals surface area contributed by atoms with Gasteiger partial charge in [0.15, 0.2) is 0 Å². The number of nitrogen functional groups attached to an aromatic ring is 1. The molecule has 196 valence electrons. The molecule has 0 aliphatic heterocycles. The normalized spacial score (nSPS) is 12.4. The third-order valence-electron chi connectivity index (χ3n) is 5.72. The Morgan fingerprint density at radius 3 is 2.32 bits per heavy atom. The van der Waals surface area contributed by atoms with E-state index in [2.05, 4.69) is 11.6 Å². The molecule has 0 aliphatic carbocycles. The highest BCUT2D eigenvalue weighted by Crippen LogP contribution is 2.24. The highest BCUT2D eigenvalue weighted by molar-refractivity contribution is 5.71. The van der Waals surface area contributed by atoms with E-state index < -0.39 is 23.3 Å². The number of benzene rings is 2. The number of carbonyl (C=O) groups excluding carboxylic acids is 1. The summed E-state index contributed by atoms with van der Waals surface area (Å²) >= 11 is 0. The number of aryl methyl sites for hydroxylation is 1. The molecule has 3 rings (SSSR count). The maximum atomic E-state index is 13.6. The van der Waals surface area contributed by atoms with Gasteiger partial charge in [-0.25, -0.2) is 19.1 Å². The molecule has 2 aromatic carbocycles. The Morgan fingerprint density at radius 1 is 1.08 bits per heavy atom. The van der Waals surface area contributed by atoms with Gasteiger partial charge in [0.2, 0.25) is 5.62 Å². The van der Waals surface area contributed by atoms with Gasteiger partial charge in [-0.3, -0.25) is 9.36 Å². The van der Waals surface area contributed by atoms with E-state index in [-0.39, 0.29) is 24.8 Å². The van der Waals surface area contributed by atoms with Crippen molar-refractivity contribution in [3.8, 4) is 5.75 Å². The first-order valence-electron chi connectivity index (χ1n) is 11.9. The van der Waals surface area contributed by atoms with Crippen LogP contribution in [0.4, 0.5) is 5.69 Å². The van der Waals surface area contributed by atoms with Crippen LogP contribution >= 0.6 is 0 Å². The topological polar surface area (TPSA) is 123 Å². The predicted octanol–water partition coefficient (Wildman–Crippen LogP) is 2.35. The molecule has 0 fully saturated rings. The van der Waals surface area contributed by atoms with Crippen molar-refractivity contribution in [3.05, 3.63) is 92.3 Å². The molecule has 1 atom stereocenters. The molecule has 1 aromatic heterocycles. The molecule has 0 spiro atoms. The zero-order valence-electron chi connectivity index (χ0n) is 21.8. The van der Waals surface area contributed by atoms with Gasteiger partial charge in [0.1, 0.15) is 5.75 Å². The van der Waals surface area contributed by atoms with E-state index in [4.69, 9.17) is 15.3 Å². The van der Waals surface area contributed by atoms with Gasteiger partial charge in [0, 0.05) is 6.54 Å². The van der Waals surface area contributed by atoms with Gasteiger partial charge in [0.05, 0.1) is 31.4 Å². The number of hydrogen-bond acceptors (Lipinski definition) is 7. The molecule has 0 unspecified atom stereocenters. The molecule has 0 radical (unpaired) electrons. The van der Waals surface area contributed by atoms with Gasteiger partial charge >= 0.3 is 17.3 Å². The molecule has 0 bridgehead atoms. The lowest BCUT2D eigenvalue weighted by atomic mass is 10.1. The lowest BCUT2D eigenvalue weighted by Gasteiger charge is -2.16. The molecule has 0 aliphatic rings. The SMILES string of the molecule is C=Cc1ccc(Cn2c(=O)n(C[C@H](C)C(=O)OC)c(=O)n(N)/c2=N\c2ccc(OC(C)C)c(C)c2)cc1. The van der Waals surface area contributed by atoms with E-state index in [1.807, 2.05) is 45.0 Å². The van der Waals surface area contributed by atoms with Crippen molar-refractivity contribution in [2.75, 3.05) is 13.0 Å². The Labute approximate surface area is 214 Å². The van der Waals surface area contributed by atoms with E-state index in [0.717, 1.165) is 25.9 Å². The number of rotatable bonds is 9. The molecule has 3 aromatic rings. The van der Waals surface area contributed by atoms with Crippen molar-refractivity contribution < 1.29 is 14.3 Å². The Bertz CT molecular complexity index is 1480. The maximum Gasteiger partial charge on any atom is 0.353 e. The average Bonchev–Trinajstić information content (AvgIpc) is 2.88. The number of carbonyl (C=O) groups is 1. The molecular weight excluding hydrogens is 474 g/mol. The van der Waals surface area contributed by atoms with Gasteiger partial charge in [0.25, 0.3) is 0 Å². The highest BCUT2D eigenvalue weighted by atomic mass is 16.5. The monoisotopic (exact) mass is 507 g/mol. The van der Waals surface area contributed by atoms with Crippen molar-refractivity contribution in [1.82, 2.24) is 13.8 Å². The van der Waals surface area contributed by atoms with E-state index >= 15 is 0 Å². The molecule has 37 heavy (non-hydrogen) atoms. The van der Waals surface area contributed by atoms with Gasteiger partial charge in [-0.2, -0.15) is 4.68 Å². The summed E-state index contributed by atoms with van der Waals surface area (Å²) in [6, 6.07) is 12.7. The first-order valence-corrected chi connectivity index (χ1v) is 11.9. The molecule has 2 N–H and O–H groups in total. The Hall–Kier alpha value is -4.34. The second-order valence-electron chi connectivity index (χ2n) is 9.03. The van der Waals surface area contributed by atoms with E-state index in [1.54, 1.807) is 31.2 Å². The fourth-order valence-electron chi connectivity index (χ4n) is 3.76. The molecule has 10 nitrogen and oxygen atoms in total. The summed E-state index contributed by atoms with van der Waals surface area (Å²) in [6.07, 6.45) is 1.72. The van der Waals surface area contributed by atoms with Crippen LogP contribution in [0.25, 0.3) is 6.08 Å². The number of aromatic nitrogens is 3.